The summed E-state index contributed by atoms with van der Waals surface area (Å²) in [5.74, 6) is 0.955. The van der Waals surface area contributed by atoms with E-state index in [9.17, 15) is 18.4 Å². The van der Waals surface area contributed by atoms with Gasteiger partial charge < -0.3 is 20.5 Å². The van der Waals surface area contributed by atoms with Crippen molar-refractivity contribution in [3.8, 4) is 11.8 Å². The second-order valence-electron chi connectivity index (χ2n) is 7.65. The van der Waals surface area contributed by atoms with Crippen LogP contribution in [0.4, 0.5) is 24.8 Å². The summed E-state index contributed by atoms with van der Waals surface area (Å²) in [6.07, 6.45) is -2.20. The third-order valence-corrected chi connectivity index (χ3v) is 4.90. The number of nitrogens with zero attached hydrogens (tertiary/aromatic N) is 4. The Morgan fingerprint density at radius 3 is 2.64 bits per heavy atom. The Morgan fingerprint density at radius 2 is 1.94 bits per heavy atom. The largest absolute Gasteiger partial charge is 0.490 e. The molecule has 1 aliphatic rings. The van der Waals surface area contributed by atoms with Crippen LogP contribution in [0.5, 0.6) is 5.75 Å². The van der Waals surface area contributed by atoms with Crippen molar-refractivity contribution < 1.29 is 22.6 Å². The molecule has 0 unspecified atom stereocenters. The molecule has 172 valence electrons. The first-order valence-corrected chi connectivity index (χ1v) is 10.3. The van der Waals surface area contributed by atoms with Gasteiger partial charge in [0, 0.05) is 11.9 Å². The summed E-state index contributed by atoms with van der Waals surface area (Å²) in [6.45, 7) is 2.39. The molecule has 11 heteroatoms. The number of hydrogen-bond acceptors (Lipinski definition) is 8. The van der Waals surface area contributed by atoms with E-state index >= 15 is 0 Å². The highest BCUT2D eigenvalue weighted by Crippen LogP contribution is 2.31. The molecule has 2 aromatic heterocycles. The number of nitrogens with one attached hydrogen (secondary N) is 1. The zero-order valence-corrected chi connectivity index (χ0v) is 17.7. The molecule has 4 rings (SSSR count). The molecule has 3 N–H and O–H groups in total. The fraction of sp³-hybridized carbons (Fsp3) is 0.364. The lowest BCUT2D eigenvalue weighted by molar-refractivity contribution is -0.141. The van der Waals surface area contributed by atoms with Gasteiger partial charge in [-0.15, -0.1) is 0 Å². The molecule has 0 saturated heterocycles. The van der Waals surface area contributed by atoms with Crippen molar-refractivity contribution in [2.45, 2.75) is 38.6 Å². The van der Waals surface area contributed by atoms with E-state index in [0.717, 1.165) is 18.9 Å². The number of nitrogen functional groups attached to an aromatic ring is 1. The average Bonchev–Trinajstić information content (AvgIpc) is 3.58. The summed E-state index contributed by atoms with van der Waals surface area (Å²) in [6, 6.07) is 7.64. The summed E-state index contributed by atoms with van der Waals surface area (Å²) in [7, 11) is 0. The maximum absolute atomic E-state index is 13.1. The smallest absolute Gasteiger partial charge is 0.433 e. The molecule has 1 saturated carbocycles. The Bertz CT molecular complexity index is 1220. The number of alkyl halides is 3. The summed E-state index contributed by atoms with van der Waals surface area (Å²) in [5.41, 5.74) is 5.60. The Kier molecular flexibility index (Phi) is 6.20. The normalized spacial score (nSPS) is 13.7. The first kappa shape index (κ1) is 22.5. The predicted molar refractivity (Wildman–Crippen MR) is 114 cm³/mol. The van der Waals surface area contributed by atoms with Gasteiger partial charge in [-0.25, -0.2) is 15.0 Å². The van der Waals surface area contributed by atoms with Gasteiger partial charge in [0.05, 0.1) is 23.8 Å². The van der Waals surface area contributed by atoms with E-state index in [1.54, 1.807) is 19.1 Å². The quantitative estimate of drug-likeness (QED) is 0.487. The van der Waals surface area contributed by atoms with Gasteiger partial charge in [0.2, 0.25) is 0 Å². The zero-order chi connectivity index (χ0) is 23.6. The average molecular weight is 458 g/mol. The van der Waals surface area contributed by atoms with Crippen LogP contribution in [0.15, 0.2) is 24.3 Å². The summed E-state index contributed by atoms with van der Waals surface area (Å²) in [4.78, 5) is 12.1. The molecule has 0 atom stereocenters. The highest BCUT2D eigenvalue weighted by Gasteiger charge is 2.33. The lowest BCUT2D eigenvalue weighted by atomic mass is 10.1. The van der Waals surface area contributed by atoms with Crippen LogP contribution in [0.25, 0.3) is 10.9 Å². The number of pyridine rings is 1. The van der Waals surface area contributed by atoms with E-state index in [1.165, 1.54) is 6.07 Å². The number of nitriles is 1. The molecule has 0 aliphatic heterocycles. The first-order chi connectivity index (χ1) is 15.7. The number of fused-ring (bicyclic) bond motifs is 1. The van der Waals surface area contributed by atoms with Gasteiger partial charge in [0.1, 0.15) is 41.6 Å². The number of benzene rings is 1. The Balaban J connectivity index is 1.59. The number of hydrogen-bond donors (Lipinski definition) is 2. The van der Waals surface area contributed by atoms with Crippen LogP contribution in [-0.4, -0.2) is 34.3 Å². The molecule has 33 heavy (non-hydrogen) atoms. The van der Waals surface area contributed by atoms with E-state index in [2.05, 4.69) is 26.3 Å². The van der Waals surface area contributed by atoms with Crippen molar-refractivity contribution in [1.82, 2.24) is 15.0 Å². The van der Waals surface area contributed by atoms with Crippen molar-refractivity contribution in [2.24, 2.45) is 0 Å². The molecule has 3 aromatic rings. The van der Waals surface area contributed by atoms with Crippen LogP contribution in [-0.2, 0) is 17.5 Å². The third-order valence-electron chi connectivity index (χ3n) is 4.90. The summed E-state index contributed by atoms with van der Waals surface area (Å²) in [5, 5.41) is 13.1. The van der Waals surface area contributed by atoms with Crippen LogP contribution < -0.4 is 15.8 Å². The fourth-order valence-corrected chi connectivity index (χ4v) is 3.26. The molecule has 1 aromatic carbocycles. The summed E-state index contributed by atoms with van der Waals surface area (Å²) < 4.78 is 50.5. The molecule has 1 aliphatic carbocycles. The number of nitrogens with two attached hydrogens (primary N) is 1. The maximum Gasteiger partial charge on any atom is 0.433 e. The number of anilines is 2. The van der Waals surface area contributed by atoms with Gasteiger partial charge >= 0.3 is 6.18 Å². The van der Waals surface area contributed by atoms with Crippen molar-refractivity contribution >= 4 is 22.5 Å². The number of rotatable bonds is 8. The number of aryl methyl sites for hydroxylation is 1. The van der Waals surface area contributed by atoms with E-state index in [-0.39, 0.29) is 19.0 Å². The van der Waals surface area contributed by atoms with Gasteiger partial charge in [0.15, 0.2) is 0 Å². The minimum atomic E-state index is -4.61. The molecule has 0 amide bonds. The van der Waals surface area contributed by atoms with Gasteiger partial charge in [-0.05, 0) is 49.6 Å². The second kappa shape index (κ2) is 9.07. The predicted octanol–water partition coefficient (Wildman–Crippen LogP) is 3.98. The molecule has 1 fully saturated rings. The van der Waals surface area contributed by atoms with Gasteiger partial charge in [0.25, 0.3) is 0 Å². The van der Waals surface area contributed by atoms with E-state index < -0.39 is 11.9 Å². The third kappa shape index (κ3) is 5.59. The monoisotopic (exact) mass is 458 g/mol. The SMILES string of the molecule is Cc1nc(NCc2cc(N)nc(C(F)(F)F)c2)c2cc(OCCOC3CC3)c(C#N)cc2n1. The van der Waals surface area contributed by atoms with E-state index in [1.807, 2.05) is 0 Å². The maximum atomic E-state index is 13.1. The van der Waals surface area contributed by atoms with Crippen molar-refractivity contribution in [3.63, 3.8) is 0 Å². The van der Waals surface area contributed by atoms with Crippen LogP contribution in [0.1, 0.15) is 35.5 Å². The van der Waals surface area contributed by atoms with Crippen molar-refractivity contribution in [2.75, 3.05) is 24.3 Å². The van der Waals surface area contributed by atoms with E-state index in [4.69, 9.17) is 15.2 Å². The molecule has 0 bridgehead atoms. The van der Waals surface area contributed by atoms with Gasteiger partial charge in [-0.3, -0.25) is 0 Å². The van der Waals surface area contributed by atoms with Crippen molar-refractivity contribution in [3.05, 3.63) is 46.9 Å². The highest BCUT2D eigenvalue weighted by atomic mass is 19.4. The zero-order valence-electron chi connectivity index (χ0n) is 17.7. The van der Waals surface area contributed by atoms with Crippen LogP contribution in [0.2, 0.25) is 0 Å². The Labute approximate surface area is 187 Å². The summed E-state index contributed by atoms with van der Waals surface area (Å²) >= 11 is 0. The van der Waals surface area contributed by atoms with Crippen LogP contribution >= 0.6 is 0 Å². The number of ether oxygens (including phenoxy) is 2. The molecule has 2 heterocycles. The minimum Gasteiger partial charge on any atom is -0.490 e. The highest BCUT2D eigenvalue weighted by molar-refractivity contribution is 5.91. The van der Waals surface area contributed by atoms with Gasteiger partial charge in [-0.1, -0.05) is 0 Å². The fourth-order valence-electron chi connectivity index (χ4n) is 3.26. The number of halogens is 3. The van der Waals surface area contributed by atoms with Gasteiger partial charge in [-0.2, -0.15) is 18.4 Å². The Morgan fingerprint density at radius 1 is 1.15 bits per heavy atom. The molecular weight excluding hydrogens is 437 g/mol. The van der Waals surface area contributed by atoms with Crippen molar-refractivity contribution in [1.29, 1.82) is 5.26 Å². The minimum absolute atomic E-state index is 0.0206. The van der Waals surface area contributed by atoms with Crippen LogP contribution in [0.3, 0.4) is 0 Å². The number of aromatic nitrogens is 3. The van der Waals surface area contributed by atoms with E-state index in [0.29, 0.717) is 52.1 Å². The Hall–Kier alpha value is -3.65. The lowest BCUT2D eigenvalue weighted by Crippen LogP contribution is -2.12. The molecule has 8 nitrogen and oxygen atoms in total. The topological polar surface area (TPSA) is 119 Å². The molecule has 0 radical (unpaired) electrons. The standard InChI is InChI=1S/C22H21F3N6O2/c1-12-29-17-8-14(10-26)18(33-5-4-32-15-2-3-15)9-16(17)21(30-12)28-11-13-6-19(22(23,24)25)31-20(27)7-13/h6-9,15H,2-5,11H2,1H3,(H2,27,31)(H,28,29,30). The first-order valence-electron chi connectivity index (χ1n) is 10.3. The van der Waals surface area contributed by atoms with Crippen LogP contribution in [0, 0.1) is 18.3 Å². The molecule has 0 spiro atoms. The lowest BCUT2D eigenvalue weighted by Gasteiger charge is -2.14. The molecular formula is C22H21F3N6O2. The second-order valence-corrected chi connectivity index (χ2v) is 7.65.